The molecule has 20 heavy (non-hydrogen) atoms. The summed E-state index contributed by atoms with van der Waals surface area (Å²) in [5, 5.41) is 28.2. The lowest BCUT2D eigenvalue weighted by Crippen LogP contribution is -2.25. The van der Waals surface area contributed by atoms with Gasteiger partial charge >= 0.3 is 5.97 Å². The highest BCUT2D eigenvalue weighted by molar-refractivity contribution is 5.68. The molecule has 0 unspecified atom stereocenters. The van der Waals surface area contributed by atoms with E-state index in [0.29, 0.717) is 16.8 Å². The van der Waals surface area contributed by atoms with Gasteiger partial charge in [0.1, 0.15) is 5.82 Å². The maximum atomic E-state index is 13.0. The monoisotopic (exact) mass is 275 g/mol. The quantitative estimate of drug-likeness (QED) is 0.749. The van der Waals surface area contributed by atoms with Gasteiger partial charge in [-0.3, -0.25) is 0 Å². The molecule has 104 valence electrons. The molecule has 0 radical (unpaired) electrons. The maximum absolute atomic E-state index is 13.0. The number of nitrogens with zero attached hydrogens (tertiary/aromatic N) is 1. The zero-order valence-corrected chi connectivity index (χ0v) is 10.8. The number of aliphatic hydroxyl groups is 3. The fraction of sp³-hybridized carbons (Fsp3) is 0.133. The van der Waals surface area contributed by atoms with Gasteiger partial charge < -0.3 is 15.3 Å². The van der Waals surface area contributed by atoms with Crippen LogP contribution in [0, 0.1) is 5.82 Å². The molecule has 4 nitrogen and oxygen atoms in total. The Balaban J connectivity index is 2.66. The van der Waals surface area contributed by atoms with Crippen LogP contribution in [0.2, 0.25) is 0 Å². The van der Waals surface area contributed by atoms with Gasteiger partial charge in [0.2, 0.25) is 0 Å². The van der Waals surface area contributed by atoms with Crippen LogP contribution < -0.4 is 0 Å². The average Bonchev–Trinajstić information content (AvgIpc) is 2.37. The smallest absolute Gasteiger partial charge is 0.306 e. The topological polar surface area (TPSA) is 73.6 Å². The summed E-state index contributed by atoms with van der Waals surface area (Å²) < 4.78 is 13.0. The Morgan fingerprint density at radius 2 is 1.70 bits per heavy atom. The van der Waals surface area contributed by atoms with Crippen LogP contribution in [0.4, 0.5) is 4.39 Å². The zero-order chi connectivity index (χ0) is 14.9. The van der Waals surface area contributed by atoms with Crippen molar-refractivity contribution in [3.8, 4) is 11.3 Å². The van der Waals surface area contributed by atoms with Gasteiger partial charge in [-0.1, -0.05) is 6.58 Å². The molecular formula is C15H14FNO3. The number of hydrogen-bond acceptors (Lipinski definition) is 4. The van der Waals surface area contributed by atoms with Gasteiger partial charge in [-0.05, 0) is 48.9 Å². The number of benzene rings is 1. The molecule has 1 heterocycles. The van der Waals surface area contributed by atoms with Crippen LogP contribution in [0.15, 0.2) is 43.0 Å². The third-order valence-corrected chi connectivity index (χ3v) is 2.81. The molecule has 0 saturated carbocycles. The van der Waals surface area contributed by atoms with Gasteiger partial charge in [-0.15, -0.1) is 0 Å². The van der Waals surface area contributed by atoms with Crippen LogP contribution in [0.1, 0.15) is 18.2 Å². The summed E-state index contributed by atoms with van der Waals surface area (Å²) in [6.07, 6.45) is 0. The zero-order valence-electron chi connectivity index (χ0n) is 10.8. The Labute approximate surface area is 115 Å². The predicted octanol–water partition coefficient (Wildman–Crippen LogP) is 2.01. The lowest BCUT2D eigenvalue weighted by atomic mass is 10.0. The van der Waals surface area contributed by atoms with Gasteiger partial charge in [0.05, 0.1) is 17.0 Å². The molecule has 1 aromatic carbocycles. The largest absolute Gasteiger partial charge is 0.340 e. The Hall–Kier alpha value is -2.08. The molecule has 0 bridgehead atoms. The van der Waals surface area contributed by atoms with Crippen molar-refractivity contribution in [2.24, 2.45) is 0 Å². The number of aromatic nitrogens is 1. The van der Waals surface area contributed by atoms with Crippen LogP contribution >= 0.6 is 0 Å². The lowest BCUT2D eigenvalue weighted by molar-refractivity contribution is -0.323. The van der Waals surface area contributed by atoms with Gasteiger partial charge in [0.25, 0.3) is 0 Å². The summed E-state index contributed by atoms with van der Waals surface area (Å²) in [6, 6.07) is 8.19. The minimum Gasteiger partial charge on any atom is -0.340 e. The molecule has 0 amide bonds. The number of hydrogen-bond donors (Lipinski definition) is 3. The van der Waals surface area contributed by atoms with Crippen molar-refractivity contribution >= 4 is 5.57 Å². The predicted molar refractivity (Wildman–Crippen MR) is 72.7 cm³/mol. The highest BCUT2D eigenvalue weighted by Crippen LogP contribution is 2.29. The Bertz CT molecular complexity index is 645. The van der Waals surface area contributed by atoms with E-state index in [1.165, 1.54) is 36.4 Å². The average molecular weight is 275 g/mol. The highest BCUT2D eigenvalue weighted by atomic mass is 19.1. The lowest BCUT2D eigenvalue weighted by Gasteiger charge is -2.18. The van der Waals surface area contributed by atoms with Gasteiger partial charge in [-0.25, -0.2) is 9.37 Å². The second-order valence-electron chi connectivity index (χ2n) is 4.52. The third kappa shape index (κ3) is 2.91. The van der Waals surface area contributed by atoms with Crippen molar-refractivity contribution in [3.63, 3.8) is 0 Å². The first kappa shape index (κ1) is 14.3. The van der Waals surface area contributed by atoms with E-state index in [1.54, 1.807) is 6.92 Å². The number of allylic oxidation sites excluding steroid dienone is 1. The SMILES string of the molecule is C=C(C)c1ccc(C(O)(O)O)c(-c2ccc(F)cc2)n1. The van der Waals surface area contributed by atoms with Gasteiger partial charge in [0.15, 0.2) is 0 Å². The normalized spacial score (nSPS) is 11.4. The number of rotatable bonds is 3. The molecule has 0 aliphatic carbocycles. The van der Waals surface area contributed by atoms with Gasteiger partial charge in [-0.2, -0.15) is 0 Å². The minimum absolute atomic E-state index is 0.151. The molecule has 0 aliphatic heterocycles. The Morgan fingerprint density at radius 1 is 1.10 bits per heavy atom. The van der Waals surface area contributed by atoms with Crippen LogP contribution in [-0.2, 0) is 5.97 Å². The van der Waals surface area contributed by atoms with E-state index in [1.807, 2.05) is 0 Å². The fourth-order valence-corrected chi connectivity index (χ4v) is 1.80. The van der Waals surface area contributed by atoms with Crippen molar-refractivity contribution in [1.82, 2.24) is 4.98 Å². The summed E-state index contributed by atoms with van der Waals surface area (Å²) >= 11 is 0. The first-order chi connectivity index (χ1) is 9.29. The van der Waals surface area contributed by atoms with E-state index in [0.717, 1.165) is 0 Å². The van der Waals surface area contributed by atoms with E-state index in [-0.39, 0.29) is 11.3 Å². The Kier molecular flexibility index (Phi) is 3.67. The van der Waals surface area contributed by atoms with Crippen LogP contribution in [0.3, 0.4) is 0 Å². The molecule has 2 rings (SSSR count). The van der Waals surface area contributed by atoms with Crippen LogP contribution in [0.25, 0.3) is 16.8 Å². The van der Waals surface area contributed by atoms with E-state index in [2.05, 4.69) is 11.6 Å². The van der Waals surface area contributed by atoms with E-state index in [9.17, 15) is 19.7 Å². The maximum Gasteiger partial charge on any atom is 0.306 e. The standard InChI is InChI=1S/C15H14FNO3/c1-9(2)13-8-7-12(15(18,19)20)14(17-13)10-3-5-11(16)6-4-10/h3-8,18-20H,1H2,2H3. The summed E-state index contributed by atoms with van der Waals surface area (Å²) in [5.41, 5.74) is 1.63. The summed E-state index contributed by atoms with van der Waals surface area (Å²) in [4.78, 5) is 4.24. The number of pyridine rings is 1. The second kappa shape index (κ2) is 5.13. The summed E-state index contributed by atoms with van der Waals surface area (Å²) in [7, 11) is 0. The second-order valence-corrected chi connectivity index (χ2v) is 4.52. The minimum atomic E-state index is -3.02. The van der Waals surface area contributed by atoms with Crippen LogP contribution in [0.5, 0.6) is 0 Å². The molecule has 0 fully saturated rings. The van der Waals surface area contributed by atoms with Crippen molar-refractivity contribution in [3.05, 3.63) is 60.1 Å². The van der Waals surface area contributed by atoms with Crippen LogP contribution in [-0.4, -0.2) is 20.3 Å². The molecule has 0 atom stereocenters. The first-order valence-electron chi connectivity index (χ1n) is 5.89. The Morgan fingerprint density at radius 3 is 2.20 bits per heavy atom. The van der Waals surface area contributed by atoms with E-state index in [4.69, 9.17) is 0 Å². The van der Waals surface area contributed by atoms with Crippen molar-refractivity contribution in [2.45, 2.75) is 12.9 Å². The fourth-order valence-electron chi connectivity index (χ4n) is 1.80. The van der Waals surface area contributed by atoms with Gasteiger partial charge in [0, 0.05) is 5.56 Å². The van der Waals surface area contributed by atoms with Crippen molar-refractivity contribution in [1.29, 1.82) is 0 Å². The van der Waals surface area contributed by atoms with Crippen molar-refractivity contribution < 1.29 is 19.7 Å². The third-order valence-electron chi connectivity index (χ3n) is 2.81. The van der Waals surface area contributed by atoms with Crippen molar-refractivity contribution in [2.75, 3.05) is 0 Å². The number of halogens is 1. The molecule has 0 saturated heterocycles. The molecule has 0 spiro atoms. The molecule has 1 aromatic heterocycles. The molecule has 5 heteroatoms. The molecule has 2 aromatic rings. The molecule has 3 N–H and O–H groups in total. The highest BCUT2D eigenvalue weighted by Gasteiger charge is 2.27. The summed E-state index contributed by atoms with van der Waals surface area (Å²) in [6.45, 7) is 5.51. The summed E-state index contributed by atoms with van der Waals surface area (Å²) in [5.74, 6) is -3.45. The van der Waals surface area contributed by atoms with E-state index >= 15 is 0 Å². The molecular weight excluding hydrogens is 261 g/mol. The molecule has 0 aliphatic rings. The van der Waals surface area contributed by atoms with E-state index < -0.39 is 11.8 Å². The first-order valence-corrected chi connectivity index (χ1v) is 5.89.